The van der Waals surface area contributed by atoms with E-state index in [4.69, 9.17) is 14.9 Å². The van der Waals surface area contributed by atoms with Crippen LogP contribution in [0.5, 0.6) is 5.75 Å². The molecule has 2 aromatic rings. The lowest BCUT2D eigenvalue weighted by Crippen LogP contribution is -2.37. The molecule has 0 spiro atoms. The van der Waals surface area contributed by atoms with Crippen molar-refractivity contribution in [3.8, 4) is 5.75 Å². The number of guanidine groups is 1. The van der Waals surface area contributed by atoms with Gasteiger partial charge in [0.1, 0.15) is 18.1 Å². The van der Waals surface area contributed by atoms with Crippen molar-refractivity contribution >= 4 is 5.96 Å². The van der Waals surface area contributed by atoms with Gasteiger partial charge in [-0.05, 0) is 6.07 Å². The average molecular weight is 286 g/mol. The number of nitrogens with two attached hydrogens (primary N) is 1. The van der Waals surface area contributed by atoms with Crippen molar-refractivity contribution in [3.63, 3.8) is 0 Å². The summed E-state index contributed by atoms with van der Waals surface area (Å²) in [6, 6.07) is 8.08. The van der Waals surface area contributed by atoms with Gasteiger partial charge in [0.2, 0.25) is 0 Å². The number of para-hydroxylation sites is 1. The van der Waals surface area contributed by atoms with Crippen LogP contribution in [-0.2, 0) is 6.54 Å². The summed E-state index contributed by atoms with van der Waals surface area (Å²) in [6.07, 6.45) is 2.52. The third-order valence-corrected chi connectivity index (χ3v) is 3.36. The first-order valence-corrected chi connectivity index (χ1v) is 6.92. The number of aliphatic imine (C=N–C) groups is 1. The van der Waals surface area contributed by atoms with Crippen LogP contribution < -0.4 is 15.8 Å². The number of fused-ring (bicyclic) bond motifs is 1. The number of benzene rings is 1. The number of aryl methyl sites for hydroxylation is 1. The van der Waals surface area contributed by atoms with Gasteiger partial charge in [0.15, 0.2) is 11.9 Å². The van der Waals surface area contributed by atoms with Crippen LogP contribution in [0.2, 0.25) is 0 Å². The summed E-state index contributed by atoms with van der Waals surface area (Å²) < 4.78 is 11.0. The fourth-order valence-electron chi connectivity index (χ4n) is 2.36. The summed E-state index contributed by atoms with van der Waals surface area (Å²) in [6.45, 7) is 2.85. The molecule has 1 unspecified atom stereocenters. The van der Waals surface area contributed by atoms with E-state index in [2.05, 4.69) is 15.3 Å². The fraction of sp³-hybridized carbons (Fsp3) is 0.333. The van der Waals surface area contributed by atoms with Crippen LogP contribution in [-0.4, -0.2) is 17.6 Å². The van der Waals surface area contributed by atoms with Crippen LogP contribution >= 0.6 is 0 Å². The number of ether oxygens (including phenoxy) is 1. The predicted octanol–water partition coefficient (Wildman–Crippen LogP) is 1.91. The number of nitrogens with one attached hydrogen (secondary N) is 1. The maximum Gasteiger partial charge on any atom is 0.191 e. The topological polar surface area (TPSA) is 85.7 Å². The first kappa shape index (κ1) is 13.5. The molecule has 0 fully saturated rings. The summed E-state index contributed by atoms with van der Waals surface area (Å²) in [7, 11) is 0. The molecule has 1 aromatic carbocycles. The van der Waals surface area contributed by atoms with Crippen LogP contribution in [0.15, 0.2) is 39.9 Å². The molecule has 3 rings (SSSR count). The first-order chi connectivity index (χ1) is 10.2. The van der Waals surface area contributed by atoms with E-state index in [-0.39, 0.29) is 6.04 Å². The van der Waals surface area contributed by atoms with Crippen molar-refractivity contribution in [1.82, 2.24) is 10.3 Å². The lowest BCUT2D eigenvalue weighted by Gasteiger charge is -2.26. The van der Waals surface area contributed by atoms with Crippen LogP contribution in [0.4, 0.5) is 0 Å². The van der Waals surface area contributed by atoms with Crippen LogP contribution in [0.3, 0.4) is 0 Å². The van der Waals surface area contributed by atoms with Gasteiger partial charge in [-0.25, -0.2) is 9.98 Å². The molecule has 3 N–H and O–H groups in total. The van der Waals surface area contributed by atoms with Gasteiger partial charge in [0.05, 0.1) is 18.8 Å². The van der Waals surface area contributed by atoms with Gasteiger partial charge in [0.25, 0.3) is 0 Å². The zero-order chi connectivity index (χ0) is 14.7. The van der Waals surface area contributed by atoms with Gasteiger partial charge < -0.3 is 20.2 Å². The van der Waals surface area contributed by atoms with E-state index in [1.54, 1.807) is 13.1 Å². The van der Waals surface area contributed by atoms with Crippen molar-refractivity contribution in [1.29, 1.82) is 0 Å². The maximum absolute atomic E-state index is 5.95. The molecule has 0 saturated carbocycles. The van der Waals surface area contributed by atoms with Crippen molar-refractivity contribution < 1.29 is 9.15 Å². The number of oxazole rings is 1. The first-order valence-electron chi connectivity index (χ1n) is 6.92. The Bertz CT molecular complexity index is 651. The molecule has 1 aliphatic heterocycles. The minimum absolute atomic E-state index is 0.121. The molecule has 0 bridgehead atoms. The molecule has 0 amide bonds. The molecule has 6 heteroatoms. The van der Waals surface area contributed by atoms with Gasteiger partial charge in [-0.15, -0.1) is 0 Å². The number of nitrogens with zero attached hydrogens (tertiary/aromatic N) is 2. The highest BCUT2D eigenvalue weighted by Crippen LogP contribution is 2.31. The van der Waals surface area contributed by atoms with Gasteiger partial charge >= 0.3 is 0 Å². The third-order valence-electron chi connectivity index (χ3n) is 3.36. The van der Waals surface area contributed by atoms with Crippen LogP contribution in [0.25, 0.3) is 0 Å². The summed E-state index contributed by atoms with van der Waals surface area (Å²) in [5.74, 6) is 2.63. The smallest absolute Gasteiger partial charge is 0.191 e. The number of hydrogen-bond acceptors (Lipinski definition) is 4. The molecule has 1 atom stereocenters. The van der Waals surface area contributed by atoms with E-state index in [0.29, 0.717) is 30.8 Å². The highest BCUT2D eigenvalue weighted by Gasteiger charge is 2.21. The molecule has 0 aliphatic carbocycles. The predicted molar refractivity (Wildman–Crippen MR) is 79.0 cm³/mol. The maximum atomic E-state index is 5.95. The zero-order valence-corrected chi connectivity index (χ0v) is 11.9. The van der Waals surface area contributed by atoms with Gasteiger partial charge in [-0.1, -0.05) is 18.2 Å². The van der Waals surface area contributed by atoms with Gasteiger partial charge in [-0.2, -0.15) is 0 Å². The SMILES string of the molecule is Cc1ncc(CN=C(N)NC2CCOc3ccccc32)o1. The molecule has 1 aliphatic rings. The van der Waals surface area contributed by atoms with Crippen molar-refractivity contribution in [2.24, 2.45) is 10.7 Å². The van der Waals surface area contributed by atoms with Crippen molar-refractivity contribution in [2.45, 2.75) is 25.9 Å². The molecule has 2 heterocycles. The number of rotatable bonds is 3. The largest absolute Gasteiger partial charge is 0.493 e. The van der Waals surface area contributed by atoms with E-state index in [9.17, 15) is 0 Å². The zero-order valence-electron chi connectivity index (χ0n) is 11.9. The quantitative estimate of drug-likeness (QED) is 0.665. The normalized spacial score (nSPS) is 18.0. The summed E-state index contributed by atoms with van der Waals surface area (Å²) in [4.78, 5) is 8.31. The Kier molecular flexibility index (Phi) is 3.77. The average Bonchev–Trinajstić information content (AvgIpc) is 2.91. The minimum Gasteiger partial charge on any atom is -0.493 e. The monoisotopic (exact) mass is 286 g/mol. The van der Waals surface area contributed by atoms with Crippen molar-refractivity contribution in [3.05, 3.63) is 47.7 Å². The molecule has 110 valence electrons. The molecule has 6 nitrogen and oxygen atoms in total. The Morgan fingerprint density at radius 1 is 1.48 bits per heavy atom. The van der Waals surface area contributed by atoms with Crippen LogP contribution in [0, 0.1) is 6.92 Å². The Morgan fingerprint density at radius 3 is 3.14 bits per heavy atom. The van der Waals surface area contributed by atoms with E-state index in [1.807, 2.05) is 24.3 Å². The van der Waals surface area contributed by atoms with E-state index >= 15 is 0 Å². The van der Waals surface area contributed by atoms with Gasteiger partial charge in [0, 0.05) is 18.9 Å². The van der Waals surface area contributed by atoms with E-state index in [1.165, 1.54) is 0 Å². The summed E-state index contributed by atoms with van der Waals surface area (Å²) in [5.41, 5.74) is 7.06. The highest BCUT2D eigenvalue weighted by molar-refractivity contribution is 5.78. The standard InChI is InChI=1S/C15H18N4O2/c1-10-17-8-11(21-10)9-18-15(16)19-13-6-7-20-14-5-3-2-4-12(13)14/h2-5,8,13H,6-7,9H2,1H3,(H3,16,18,19). The second-order valence-corrected chi connectivity index (χ2v) is 4.92. The van der Waals surface area contributed by atoms with E-state index in [0.717, 1.165) is 17.7 Å². The number of hydrogen-bond donors (Lipinski definition) is 2. The van der Waals surface area contributed by atoms with Crippen LogP contribution in [0.1, 0.15) is 29.7 Å². The molecule has 0 saturated heterocycles. The summed E-state index contributed by atoms with van der Waals surface area (Å²) in [5, 5.41) is 3.24. The summed E-state index contributed by atoms with van der Waals surface area (Å²) >= 11 is 0. The third kappa shape index (κ3) is 3.16. The second-order valence-electron chi connectivity index (χ2n) is 4.92. The molecular formula is C15H18N4O2. The Labute approximate surface area is 123 Å². The van der Waals surface area contributed by atoms with Gasteiger partial charge in [-0.3, -0.25) is 0 Å². The van der Waals surface area contributed by atoms with E-state index < -0.39 is 0 Å². The highest BCUT2D eigenvalue weighted by atomic mass is 16.5. The molecule has 1 aromatic heterocycles. The Hall–Kier alpha value is -2.50. The molecule has 0 radical (unpaired) electrons. The number of aromatic nitrogens is 1. The lowest BCUT2D eigenvalue weighted by molar-refractivity contribution is 0.262. The Morgan fingerprint density at radius 2 is 2.33 bits per heavy atom. The van der Waals surface area contributed by atoms with Crippen molar-refractivity contribution in [2.75, 3.05) is 6.61 Å². The Balaban J connectivity index is 1.66. The molecular weight excluding hydrogens is 268 g/mol. The molecule has 21 heavy (non-hydrogen) atoms. The lowest BCUT2D eigenvalue weighted by atomic mass is 10.0. The second kappa shape index (κ2) is 5.87. The fourth-order valence-corrected chi connectivity index (χ4v) is 2.36. The minimum atomic E-state index is 0.121.